The third-order valence-corrected chi connectivity index (χ3v) is 3.21. The van der Waals surface area contributed by atoms with Crippen molar-refractivity contribution >= 4 is 5.70 Å². The second kappa shape index (κ2) is 4.60. The number of aromatic nitrogens is 2. The van der Waals surface area contributed by atoms with Crippen LogP contribution in [0.4, 0.5) is 0 Å². The summed E-state index contributed by atoms with van der Waals surface area (Å²) in [6.45, 7) is 3.82. The van der Waals surface area contributed by atoms with Gasteiger partial charge in [0.15, 0.2) is 0 Å². The molecule has 1 aliphatic rings. The molecule has 0 bridgehead atoms. The van der Waals surface area contributed by atoms with Gasteiger partial charge in [-0.2, -0.15) is 5.26 Å². The van der Waals surface area contributed by atoms with Crippen LogP contribution in [-0.4, -0.2) is 15.2 Å². The maximum atomic E-state index is 12.0. The van der Waals surface area contributed by atoms with E-state index in [1.807, 2.05) is 19.9 Å². The van der Waals surface area contributed by atoms with Gasteiger partial charge in [0.25, 0.3) is 0 Å². The van der Waals surface area contributed by atoms with E-state index >= 15 is 0 Å². The highest BCUT2D eigenvalue weighted by Gasteiger charge is 2.28. The van der Waals surface area contributed by atoms with Crippen LogP contribution in [0.5, 0.6) is 5.75 Å². The molecule has 2 heterocycles. The van der Waals surface area contributed by atoms with E-state index in [1.54, 1.807) is 30.5 Å². The zero-order chi connectivity index (χ0) is 15.0. The molecule has 1 aromatic carbocycles. The van der Waals surface area contributed by atoms with E-state index in [9.17, 15) is 4.79 Å². The predicted molar refractivity (Wildman–Crippen MR) is 77.7 cm³/mol. The summed E-state index contributed by atoms with van der Waals surface area (Å²) in [6, 6.07) is 8.96. The molecule has 0 N–H and O–H groups in total. The van der Waals surface area contributed by atoms with Crippen LogP contribution in [0.1, 0.15) is 25.0 Å². The van der Waals surface area contributed by atoms with Crippen molar-refractivity contribution in [2.75, 3.05) is 0 Å². The Morgan fingerprint density at radius 1 is 1.38 bits per heavy atom. The van der Waals surface area contributed by atoms with E-state index in [1.165, 1.54) is 10.8 Å². The van der Waals surface area contributed by atoms with Gasteiger partial charge in [-0.25, -0.2) is 9.78 Å². The number of ether oxygens (including phenoxy) is 1. The topological polar surface area (TPSA) is 67.9 Å². The summed E-state index contributed by atoms with van der Waals surface area (Å²) >= 11 is 0. The van der Waals surface area contributed by atoms with Gasteiger partial charge in [0.05, 0.1) is 17.3 Å². The molecule has 0 amide bonds. The molecule has 0 aliphatic carbocycles. The second-order valence-corrected chi connectivity index (χ2v) is 5.33. The first-order chi connectivity index (χ1) is 10.00. The first-order valence-corrected chi connectivity index (χ1v) is 6.51. The highest BCUT2D eigenvalue weighted by Crippen LogP contribution is 2.36. The fourth-order valence-corrected chi connectivity index (χ4v) is 2.35. The Morgan fingerprint density at radius 2 is 2.19 bits per heavy atom. The number of rotatable bonds is 1. The minimum atomic E-state index is -0.550. The van der Waals surface area contributed by atoms with Gasteiger partial charge in [0.1, 0.15) is 11.4 Å². The fraction of sp³-hybridized carbons (Fsp3) is 0.188. The minimum Gasteiger partial charge on any atom is -0.483 e. The van der Waals surface area contributed by atoms with E-state index < -0.39 is 5.60 Å². The molecule has 0 radical (unpaired) electrons. The molecule has 0 atom stereocenters. The highest BCUT2D eigenvalue weighted by atomic mass is 16.5. The second-order valence-electron chi connectivity index (χ2n) is 5.33. The van der Waals surface area contributed by atoms with E-state index in [4.69, 9.17) is 10.00 Å². The standard InChI is InChI=1S/C16H13N3O2/c1-16(2)9-13(19-7-3-6-18-15(19)20)12-8-11(10-17)4-5-14(12)21-16/h3-9H,1-2H3. The maximum absolute atomic E-state index is 12.0. The number of nitrogens with zero attached hydrogens (tertiary/aromatic N) is 3. The minimum absolute atomic E-state index is 0.366. The van der Waals surface area contributed by atoms with Crippen molar-refractivity contribution in [3.63, 3.8) is 0 Å². The lowest BCUT2D eigenvalue weighted by Crippen LogP contribution is -2.32. The number of nitriles is 1. The SMILES string of the molecule is CC1(C)C=C(n2cccnc2=O)c2cc(C#N)ccc2O1. The van der Waals surface area contributed by atoms with Crippen molar-refractivity contribution in [1.82, 2.24) is 9.55 Å². The first kappa shape index (κ1) is 13.1. The summed E-state index contributed by atoms with van der Waals surface area (Å²) in [6.07, 6.45) is 4.97. The van der Waals surface area contributed by atoms with Crippen LogP contribution in [0, 0.1) is 11.3 Å². The van der Waals surface area contributed by atoms with Crippen molar-refractivity contribution in [2.45, 2.75) is 19.4 Å². The summed E-state index contributed by atoms with van der Waals surface area (Å²) in [5, 5.41) is 9.06. The monoisotopic (exact) mass is 279 g/mol. The Kier molecular flexibility index (Phi) is 2.88. The molecule has 2 aromatic rings. The normalized spacial score (nSPS) is 15.4. The third-order valence-electron chi connectivity index (χ3n) is 3.21. The largest absolute Gasteiger partial charge is 0.483 e. The Hall–Kier alpha value is -2.87. The van der Waals surface area contributed by atoms with Crippen molar-refractivity contribution in [2.24, 2.45) is 0 Å². The van der Waals surface area contributed by atoms with E-state index in [2.05, 4.69) is 11.1 Å². The van der Waals surface area contributed by atoms with Crippen molar-refractivity contribution in [3.05, 3.63) is 64.3 Å². The number of hydrogen-bond donors (Lipinski definition) is 0. The molecule has 5 nitrogen and oxygen atoms in total. The van der Waals surface area contributed by atoms with Crippen LogP contribution in [0.25, 0.3) is 5.70 Å². The Bertz CT molecular complexity index is 841. The molecular formula is C16H13N3O2. The molecule has 104 valence electrons. The molecule has 5 heteroatoms. The number of hydrogen-bond acceptors (Lipinski definition) is 4. The van der Waals surface area contributed by atoms with Crippen molar-refractivity contribution in [3.8, 4) is 11.8 Å². The third kappa shape index (κ3) is 2.32. The molecule has 0 saturated heterocycles. The molecule has 3 rings (SSSR count). The average molecular weight is 279 g/mol. The van der Waals surface area contributed by atoms with Gasteiger partial charge < -0.3 is 4.74 Å². The van der Waals surface area contributed by atoms with Gasteiger partial charge in [-0.3, -0.25) is 4.57 Å². The molecule has 21 heavy (non-hydrogen) atoms. The van der Waals surface area contributed by atoms with Crippen molar-refractivity contribution in [1.29, 1.82) is 5.26 Å². The summed E-state index contributed by atoms with van der Waals surface area (Å²) in [5.41, 5.74) is 0.987. The molecule has 0 fully saturated rings. The van der Waals surface area contributed by atoms with Crippen LogP contribution in [0.2, 0.25) is 0 Å². The Morgan fingerprint density at radius 3 is 2.90 bits per heavy atom. The quantitative estimate of drug-likeness (QED) is 0.802. The summed E-state index contributed by atoms with van der Waals surface area (Å²) in [7, 11) is 0. The lowest BCUT2D eigenvalue weighted by atomic mass is 9.97. The summed E-state index contributed by atoms with van der Waals surface area (Å²) in [4.78, 5) is 15.8. The number of benzene rings is 1. The van der Waals surface area contributed by atoms with Crippen LogP contribution >= 0.6 is 0 Å². The fourth-order valence-electron chi connectivity index (χ4n) is 2.35. The first-order valence-electron chi connectivity index (χ1n) is 6.51. The molecule has 1 aromatic heterocycles. The summed E-state index contributed by atoms with van der Waals surface area (Å²) < 4.78 is 7.35. The maximum Gasteiger partial charge on any atom is 0.352 e. The van der Waals surface area contributed by atoms with Gasteiger partial charge in [-0.05, 0) is 44.2 Å². The highest BCUT2D eigenvalue weighted by molar-refractivity contribution is 5.74. The van der Waals surface area contributed by atoms with Gasteiger partial charge >= 0.3 is 5.69 Å². The lowest BCUT2D eigenvalue weighted by molar-refractivity contribution is 0.157. The number of fused-ring (bicyclic) bond motifs is 1. The molecular weight excluding hydrogens is 266 g/mol. The zero-order valence-electron chi connectivity index (χ0n) is 11.7. The van der Waals surface area contributed by atoms with Gasteiger partial charge in [-0.15, -0.1) is 0 Å². The lowest BCUT2D eigenvalue weighted by Gasteiger charge is -2.31. The van der Waals surface area contributed by atoms with E-state index in [0.29, 0.717) is 22.6 Å². The predicted octanol–water partition coefficient (Wildman–Crippen LogP) is 2.18. The molecule has 0 saturated carbocycles. The van der Waals surface area contributed by atoms with Crippen LogP contribution < -0.4 is 10.4 Å². The van der Waals surface area contributed by atoms with Gasteiger partial charge in [0.2, 0.25) is 0 Å². The smallest absolute Gasteiger partial charge is 0.352 e. The zero-order valence-corrected chi connectivity index (χ0v) is 11.7. The van der Waals surface area contributed by atoms with Crippen LogP contribution in [0.15, 0.2) is 47.5 Å². The average Bonchev–Trinajstić information content (AvgIpc) is 2.46. The molecule has 1 aliphatic heterocycles. The van der Waals surface area contributed by atoms with Crippen molar-refractivity contribution < 1.29 is 4.74 Å². The van der Waals surface area contributed by atoms with Crippen LogP contribution in [-0.2, 0) is 0 Å². The van der Waals surface area contributed by atoms with Gasteiger partial charge in [0, 0.05) is 18.0 Å². The molecule has 0 spiro atoms. The van der Waals surface area contributed by atoms with E-state index in [-0.39, 0.29) is 5.69 Å². The van der Waals surface area contributed by atoms with E-state index in [0.717, 1.165) is 0 Å². The Balaban J connectivity index is 2.29. The summed E-state index contributed by atoms with van der Waals surface area (Å²) in [5.74, 6) is 0.646. The molecule has 0 unspecified atom stereocenters. The van der Waals surface area contributed by atoms with Crippen LogP contribution in [0.3, 0.4) is 0 Å². The van der Waals surface area contributed by atoms with Gasteiger partial charge in [-0.1, -0.05) is 0 Å². The Labute approximate surface area is 121 Å².